The first-order valence-corrected chi connectivity index (χ1v) is 7.55. The maximum absolute atomic E-state index is 9.99. The summed E-state index contributed by atoms with van der Waals surface area (Å²) in [6.45, 7) is 7.03. The first-order chi connectivity index (χ1) is 9.49. The van der Waals surface area contributed by atoms with Crippen LogP contribution in [0.15, 0.2) is 40.9 Å². The summed E-state index contributed by atoms with van der Waals surface area (Å²) in [6.07, 6.45) is 0. The number of aromatic hydroxyl groups is 1. The van der Waals surface area contributed by atoms with Gasteiger partial charge in [-0.1, -0.05) is 35.9 Å². The molecule has 0 bridgehead atoms. The fourth-order valence-corrected chi connectivity index (χ4v) is 2.79. The Bertz CT molecular complexity index is 610. The van der Waals surface area contributed by atoms with E-state index in [4.69, 9.17) is 0 Å². The van der Waals surface area contributed by atoms with Gasteiger partial charge in [-0.2, -0.15) is 0 Å². The van der Waals surface area contributed by atoms with E-state index >= 15 is 0 Å². The summed E-state index contributed by atoms with van der Waals surface area (Å²) in [5.41, 5.74) is 4.77. The summed E-state index contributed by atoms with van der Waals surface area (Å²) in [7, 11) is 0. The van der Waals surface area contributed by atoms with Crippen LogP contribution >= 0.6 is 15.9 Å². The average Bonchev–Trinajstić information content (AvgIpc) is 2.40. The van der Waals surface area contributed by atoms with Crippen molar-refractivity contribution in [1.29, 1.82) is 0 Å². The van der Waals surface area contributed by atoms with Gasteiger partial charge in [0.25, 0.3) is 0 Å². The highest BCUT2D eigenvalue weighted by Crippen LogP contribution is 2.28. The molecule has 0 aliphatic rings. The molecule has 0 aliphatic heterocycles. The fraction of sp³-hybridized carbons (Fsp3) is 0.294. The van der Waals surface area contributed by atoms with Crippen LogP contribution in [0.5, 0.6) is 5.75 Å². The Morgan fingerprint density at radius 1 is 1.20 bits per heavy atom. The van der Waals surface area contributed by atoms with Gasteiger partial charge in [0.05, 0.1) is 4.47 Å². The first-order valence-electron chi connectivity index (χ1n) is 6.76. The Hall–Kier alpha value is -1.32. The normalized spacial score (nSPS) is 12.4. The summed E-state index contributed by atoms with van der Waals surface area (Å²) in [5, 5.41) is 13.4. The van der Waals surface area contributed by atoms with E-state index in [0.717, 1.165) is 10.0 Å². The lowest BCUT2D eigenvalue weighted by molar-refractivity contribution is 0.457. The lowest BCUT2D eigenvalue weighted by Gasteiger charge is -2.18. The molecule has 106 valence electrons. The summed E-state index contributed by atoms with van der Waals surface area (Å²) >= 11 is 3.34. The van der Waals surface area contributed by atoms with Gasteiger partial charge >= 0.3 is 0 Å². The van der Waals surface area contributed by atoms with E-state index in [0.29, 0.717) is 12.3 Å². The zero-order valence-corrected chi connectivity index (χ0v) is 13.7. The molecule has 2 nitrogen and oxygen atoms in total. The molecule has 0 spiro atoms. The first kappa shape index (κ1) is 15.1. The minimum absolute atomic E-state index is 0.244. The lowest BCUT2D eigenvalue weighted by Crippen LogP contribution is -2.19. The Morgan fingerprint density at radius 2 is 1.95 bits per heavy atom. The van der Waals surface area contributed by atoms with Gasteiger partial charge in [0, 0.05) is 18.2 Å². The van der Waals surface area contributed by atoms with Gasteiger partial charge in [-0.05, 0) is 53.9 Å². The van der Waals surface area contributed by atoms with E-state index in [-0.39, 0.29) is 6.04 Å². The van der Waals surface area contributed by atoms with E-state index in [2.05, 4.69) is 60.2 Å². The smallest absolute Gasteiger partial charge is 0.134 e. The molecule has 2 aromatic carbocycles. The van der Waals surface area contributed by atoms with E-state index < -0.39 is 0 Å². The molecule has 0 heterocycles. The van der Waals surface area contributed by atoms with Gasteiger partial charge in [-0.25, -0.2) is 0 Å². The molecule has 20 heavy (non-hydrogen) atoms. The van der Waals surface area contributed by atoms with Crippen molar-refractivity contribution in [3.63, 3.8) is 0 Å². The molecule has 1 atom stereocenters. The van der Waals surface area contributed by atoms with Crippen LogP contribution in [0.4, 0.5) is 0 Å². The topological polar surface area (TPSA) is 32.3 Å². The molecular weight excluding hydrogens is 314 g/mol. The van der Waals surface area contributed by atoms with Crippen LogP contribution in [0.2, 0.25) is 0 Å². The number of phenols is 1. The Kier molecular flexibility index (Phi) is 4.84. The number of phenolic OH excluding ortho intramolecular Hbond substituents is 1. The average molecular weight is 334 g/mol. The summed E-state index contributed by atoms with van der Waals surface area (Å²) in [6, 6.07) is 12.5. The standard InChI is InChI=1S/C17H20BrNO/c1-11-7-8-15(12(2)9-11)13(3)19-10-14-5-4-6-16(18)17(14)20/h4-9,13,19-20H,10H2,1-3H3. The van der Waals surface area contributed by atoms with Gasteiger partial charge < -0.3 is 10.4 Å². The largest absolute Gasteiger partial charge is 0.506 e. The van der Waals surface area contributed by atoms with Crippen molar-refractivity contribution in [2.24, 2.45) is 0 Å². The number of halogens is 1. The predicted octanol–water partition coefficient (Wildman–Crippen LogP) is 4.62. The highest BCUT2D eigenvalue weighted by molar-refractivity contribution is 9.10. The predicted molar refractivity (Wildman–Crippen MR) is 87.0 cm³/mol. The molecule has 0 radical (unpaired) electrons. The second-order valence-electron chi connectivity index (χ2n) is 5.21. The minimum Gasteiger partial charge on any atom is -0.506 e. The number of hydrogen-bond acceptors (Lipinski definition) is 2. The zero-order chi connectivity index (χ0) is 14.7. The van der Waals surface area contributed by atoms with Crippen molar-refractivity contribution in [2.45, 2.75) is 33.4 Å². The molecule has 0 saturated carbocycles. The van der Waals surface area contributed by atoms with Gasteiger partial charge in [0.15, 0.2) is 0 Å². The van der Waals surface area contributed by atoms with Crippen LogP contribution < -0.4 is 5.32 Å². The van der Waals surface area contributed by atoms with Crippen molar-refractivity contribution in [2.75, 3.05) is 0 Å². The van der Waals surface area contributed by atoms with E-state index in [1.807, 2.05) is 18.2 Å². The molecule has 2 aromatic rings. The van der Waals surface area contributed by atoms with Crippen molar-refractivity contribution < 1.29 is 5.11 Å². The number of aryl methyl sites for hydroxylation is 2. The maximum atomic E-state index is 9.99. The monoisotopic (exact) mass is 333 g/mol. The van der Waals surface area contributed by atoms with E-state index in [1.165, 1.54) is 16.7 Å². The summed E-state index contributed by atoms with van der Waals surface area (Å²) < 4.78 is 0.732. The second kappa shape index (κ2) is 6.42. The van der Waals surface area contributed by atoms with Gasteiger partial charge in [0.2, 0.25) is 0 Å². The molecular formula is C17H20BrNO. The van der Waals surface area contributed by atoms with E-state index in [9.17, 15) is 5.11 Å². The Balaban J connectivity index is 2.08. The highest BCUT2D eigenvalue weighted by Gasteiger charge is 2.10. The molecule has 1 unspecified atom stereocenters. The van der Waals surface area contributed by atoms with Gasteiger partial charge in [-0.15, -0.1) is 0 Å². The summed E-state index contributed by atoms with van der Waals surface area (Å²) in [5.74, 6) is 0.313. The van der Waals surface area contributed by atoms with Crippen LogP contribution in [0, 0.1) is 13.8 Å². The van der Waals surface area contributed by atoms with Crippen LogP contribution in [-0.4, -0.2) is 5.11 Å². The lowest BCUT2D eigenvalue weighted by atomic mass is 10.00. The van der Waals surface area contributed by atoms with Crippen LogP contribution in [0.1, 0.15) is 35.2 Å². The van der Waals surface area contributed by atoms with Crippen molar-refractivity contribution in [3.8, 4) is 5.75 Å². The number of rotatable bonds is 4. The molecule has 0 amide bonds. The quantitative estimate of drug-likeness (QED) is 0.855. The van der Waals surface area contributed by atoms with E-state index in [1.54, 1.807) is 0 Å². The van der Waals surface area contributed by atoms with Gasteiger partial charge in [0.1, 0.15) is 5.75 Å². The van der Waals surface area contributed by atoms with Crippen molar-refractivity contribution in [3.05, 3.63) is 63.1 Å². The molecule has 2 rings (SSSR count). The minimum atomic E-state index is 0.244. The molecule has 2 N–H and O–H groups in total. The molecule has 3 heteroatoms. The van der Waals surface area contributed by atoms with Crippen LogP contribution in [0.25, 0.3) is 0 Å². The molecule has 0 aromatic heterocycles. The highest BCUT2D eigenvalue weighted by atomic mass is 79.9. The van der Waals surface area contributed by atoms with Gasteiger partial charge in [-0.3, -0.25) is 0 Å². The maximum Gasteiger partial charge on any atom is 0.134 e. The molecule has 0 aliphatic carbocycles. The third-order valence-corrected chi connectivity index (χ3v) is 4.20. The van der Waals surface area contributed by atoms with Crippen molar-refractivity contribution >= 4 is 15.9 Å². The second-order valence-corrected chi connectivity index (χ2v) is 6.06. The molecule has 0 fully saturated rings. The van der Waals surface area contributed by atoms with Crippen molar-refractivity contribution in [1.82, 2.24) is 5.32 Å². The third kappa shape index (κ3) is 3.41. The third-order valence-electron chi connectivity index (χ3n) is 3.56. The Labute approximate surface area is 129 Å². The number of benzene rings is 2. The fourth-order valence-electron chi connectivity index (χ4n) is 2.39. The summed E-state index contributed by atoms with van der Waals surface area (Å²) in [4.78, 5) is 0. The number of para-hydroxylation sites is 1. The Morgan fingerprint density at radius 3 is 2.65 bits per heavy atom. The SMILES string of the molecule is Cc1ccc(C(C)NCc2cccc(Br)c2O)c(C)c1. The van der Waals surface area contributed by atoms with Crippen LogP contribution in [-0.2, 0) is 6.54 Å². The number of hydrogen-bond donors (Lipinski definition) is 2. The van der Waals surface area contributed by atoms with Crippen LogP contribution in [0.3, 0.4) is 0 Å². The number of nitrogens with one attached hydrogen (secondary N) is 1. The molecule has 0 saturated heterocycles. The zero-order valence-electron chi connectivity index (χ0n) is 12.1.